The summed E-state index contributed by atoms with van der Waals surface area (Å²) < 4.78 is 13.2. The van der Waals surface area contributed by atoms with Crippen molar-refractivity contribution >= 4 is 17.3 Å². The molecular weight excluding hydrogens is 261 g/mol. The summed E-state index contributed by atoms with van der Waals surface area (Å²) in [6.07, 6.45) is 1.91. The number of hydrogen-bond donors (Lipinski definition) is 1. The van der Waals surface area contributed by atoms with E-state index in [0.717, 1.165) is 34.7 Å². The van der Waals surface area contributed by atoms with Gasteiger partial charge in [0.05, 0.1) is 6.04 Å². The third-order valence-electron chi connectivity index (χ3n) is 3.78. The van der Waals surface area contributed by atoms with Crippen LogP contribution in [0.5, 0.6) is 0 Å². The lowest BCUT2D eigenvalue weighted by Crippen LogP contribution is -2.08. The van der Waals surface area contributed by atoms with Crippen molar-refractivity contribution in [2.45, 2.75) is 25.8 Å². The Kier molecular flexibility index (Phi) is 3.19. The Morgan fingerprint density at radius 3 is 2.95 bits per heavy atom. The highest BCUT2D eigenvalue weighted by Crippen LogP contribution is 2.35. The monoisotopic (exact) mass is 275 g/mol. The first-order chi connectivity index (χ1) is 9.15. The van der Waals surface area contributed by atoms with Gasteiger partial charge in [-0.15, -0.1) is 0 Å². The van der Waals surface area contributed by atoms with Crippen LogP contribution >= 0.6 is 11.6 Å². The Balaban J connectivity index is 1.89. The largest absolute Gasteiger partial charge is 0.378 e. The van der Waals surface area contributed by atoms with Crippen molar-refractivity contribution in [2.24, 2.45) is 0 Å². The van der Waals surface area contributed by atoms with Gasteiger partial charge in [0.1, 0.15) is 5.82 Å². The van der Waals surface area contributed by atoms with Crippen molar-refractivity contribution in [1.29, 1.82) is 0 Å². The van der Waals surface area contributed by atoms with E-state index < -0.39 is 0 Å². The topological polar surface area (TPSA) is 12.0 Å². The Morgan fingerprint density at radius 1 is 1.26 bits per heavy atom. The lowest BCUT2D eigenvalue weighted by molar-refractivity contribution is 0.626. The normalized spacial score (nSPS) is 17.3. The summed E-state index contributed by atoms with van der Waals surface area (Å²) in [7, 11) is 0. The lowest BCUT2D eigenvalue weighted by Gasteiger charge is -2.18. The van der Waals surface area contributed by atoms with Gasteiger partial charge in [-0.25, -0.2) is 4.39 Å². The molecule has 0 heterocycles. The zero-order chi connectivity index (χ0) is 13.4. The molecule has 1 aliphatic rings. The molecule has 0 saturated heterocycles. The third kappa shape index (κ3) is 2.33. The number of fused-ring (bicyclic) bond motifs is 1. The molecule has 1 atom stereocenters. The summed E-state index contributed by atoms with van der Waals surface area (Å²) in [6.45, 7) is 2.01. The summed E-state index contributed by atoms with van der Waals surface area (Å²) in [5.74, 6) is -0.154. The zero-order valence-electron chi connectivity index (χ0n) is 10.7. The molecule has 1 aliphatic carbocycles. The fourth-order valence-electron chi connectivity index (χ4n) is 2.69. The number of anilines is 1. The molecule has 3 heteroatoms. The van der Waals surface area contributed by atoms with Gasteiger partial charge in [0.15, 0.2) is 0 Å². The van der Waals surface area contributed by atoms with E-state index in [9.17, 15) is 4.39 Å². The minimum absolute atomic E-state index is 0.154. The first kappa shape index (κ1) is 12.5. The highest BCUT2D eigenvalue weighted by atomic mass is 35.5. The van der Waals surface area contributed by atoms with Crippen molar-refractivity contribution in [3.05, 3.63) is 63.9 Å². The van der Waals surface area contributed by atoms with E-state index in [4.69, 9.17) is 11.6 Å². The molecule has 98 valence electrons. The Bertz CT molecular complexity index is 624. The fraction of sp³-hybridized carbons (Fsp3) is 0.250. The van der Waals surface area contributed by atoms with Crippen LogP contribution in [0.15, 0.2) is 36.4 Å². The second-order valence-electron chi connectivity index (χ2n) is 4.99. The van der Waals surface area contributed by atoms with E-state index >= 15 is 0 Å². The predicted molar refractivity (Wildman–Crippen MR) is 77.3 cm³/mol. The van der Waals surface area contributed by atoms with Gasteiger partial charge < -0.3 is 5.32 Å². The van der Waals surface area contributed by atoms with Crippen LogP contribution in [-0.4, -0.2) is 0 Å². The van der Waals surface area contributed by atoms with Gasteiger partial charge in [0.25, 0.3) is 0 Å². The first-order valence-corrected chi connectivity index (χ1v) is 6.83. The second-order valence-corrected chi connectivity index (χ2v) is 5.40. The van der Waals surface area contributed by atoms with E-state index in [1.165, 1.54) is 11.6 Å². The van der Waals surface area contributed by atoms with Crippen molar-refractivity contribution in [3.8, 4) is 0 Å². The summed E-state index contributed by atoms with van der Waals surface area (Å²) in [4.78, 5) is 0. The zero-order valence-corrected chi connectivity index (χ0v) is 11.5. The smallest absolute Gasteiger partial charge is 0.123 e. The molecule has 0 spiro atoms. The van der Waals surface area contributed by atoms with Crippen LogP contribution in [0, 0.1) is 12.7 Å². The predicted octanol–water partition coefficient (Wildman–Crippen LogP) is 4.89. The first-order valence-electron chi connectivity index (χ1n) is 6.45. The van der Waals surface area contributed by atoms with Crippen LogP contribution in [0.1, 0.15) is 29.2 Å². The highest BCUT2D eigenvalue weighted by Gasteiger charge is 2.23. The maximum Gasteiger partial charge on any atom is 0.123 e. The summed E-state index contributed by atoms with van der Waals surface area (Å²) in [5, 5.41) is 4.28. The molecule has 1 N–H and O–H groups in total. The maximum atomic E-state index is 13.2. The van der Waals surface area contributed by atoms with Gasteiger partial charge >= 0.3 is 0 Å². The molecule has 1 nitrogen and oxygen atoms in total. The van der Waals surface area contributed by atoms with Gasteiger partial charge in [-0.2, -0.15) is 0 Å². The highest BCUT2D eigenvalue weighted by molar-refractivity contribution is 6.31. The third-order valence-corrected chi connectivity index (χ3v) is 4.19. The number of benzene rings is 2. The van der Waals surface area contributed by atoms with E-state index in [-0.39, 0.29) is 11.9 Å². The summed E-state index contributed by atoms with van der Waals surface area (Å²) >= 11 is 6.13. The van der Waals surface area contributed by atoms with Gasteiger partial charge in [-0.05, 0) is 60.7 Å². The van der Waals surface area contributed by atoms with Crippen LogP contribution in [0.25, 0.3) is 0 Å². The number of rotatable bonds is 2. The molecule has 0 radical (unpaired) electrons. The standard InChI is InChI=1S/C16H15ClFN/c1-10-14(17)3-2-4-15(10)19-16-8-5-11-9-12(18)6-7-13(11)16/h2-4,6-7,9,16,19H,5,8H2,1H3. The molecule has 19 heavy (non-hydrogen) atoms. The average Bonchev–Trinajstić information content (AvgIpc) is 2.77. The van der Waals surface area contributed by atoms with Crippen molar-refractivity contribution in [2.75, 3.05) is 5.32 Å². The van der Waals surface area contributed by atoms with Gasteiger partial charge in [-0.3, -0.25) is 0 Å². The SMILES string of the molecule is Cc1c(Cl)cccc1NC1CCc2cc(F)ccc21. The van der Waals surface area contributed by atoms with Gasteiger partial charge in [0.2, 0.25) is 0 Å². The van der Waals surface area contributed by atoms with Crippen LogP contribution in [0.2, 0.25) is 5.02 Å². The lowest BCUT2D eigenvalue weighted by atomic mass is 10.1. The molecule has 1 unspecified atom stereocenters. The minimum Gasteiger partial charge on any atom is -0.378 e. The number of aryl methyl sites for hydroxylation is 1. The van der Waals surface area contributed by atoms with Crippen molar-refractivity contribution in [3.63, 3.8) is 0 Å². The fourth-order valence-corrected chi connectivity index (χ4v) is 2.86. The number of halogens is 2. The molecular formula is C16H15ClFN. The second kappa shape index (κ2) is 4.86. The van der Waals surface area contributed by atoms with Crippen LogP contribution in [0.3, 0.4) is 0 Å². The van der Waals surface area contributed by atoms with E-state index in [0.29, 0.717) is 0 Å². The molecule has 0 saturated carbocycles. The molecule has 0 amide bonds. The molecule has 0 bridgehead atoms. The van der Waals surface area contributed by atoms with Crippen molar-refractivity contribution < 1.29 is 4.39 Å². The maximum absolute atomic E-state index is 13.2. The Hall–Kier alpha value is -1.54. The molecule has 0 aromatic heterocycles. The average molecular weight is 276 g/mol. The molecule has 3 rings (SSSR count). The number of nitrogens with one attached hydrogen (secondary N) is 1. The van der Waals surface area contributed by atoms with Crippen LogP contribution in [0.4, 0.5) is 10.1 Å². The molecule has 0 fully saturated rings. The van der Waals surface area contributed by atoms with E-state index in [1.807, 2.05) is 31.2 Å². The Morgan fingerprint density at radius 2 is 2.11 bits per heavy atom. The summed E-state index contributed by atoms with van der Waals surface area (Å²) in [6, 6.07) is 11.2. The van der Waals surface area contributed by atoms with Crippen LogP contribution in [-0.2, 0) is 6.42 Å². The molecule has 2 aromatic carbocycles. The van der Waals surface area contributed by atoms with E-state index in [2.05, 4.69) is 5.32 Å². The molecule has 2 aromatic rings. The van der Waals surface area contributed by atoms with Gasteiger partial charge in [-0.1, -0.05) is 23.7 Å². The number of hydrogen-bond acceptors (Lipinski definition) is 1. The summed E-state index contributed by atoms with van der Waals surface area (Å²) in [5.41, 5.74) is 4.41. The van der Waals surface area contributed by atoms with Gasteiger partial charge in [0, 0.05) is 10.7 Å². The van der Waals surface area contributed by atoms with E-state index in [1.54, 1.807) is 6.07 Å². The molecule has 0 aliphatic heterocycles. The van der Waals surface area contributed by atoms with Crippen molar-refractivity contribution in [1.82, 2.24) is 0 Å². The Labute approximate surface area is 117 Å². The van der Waals surface area contributed by atoms with Crippen LogP contribution < -0.4 is 5.32 Å². The minimum atomic E-state index is -0.154. The quantitative estimate of drug-likeness (QED) is 0.823.